The molecule has 1 aromatic carbocycles. The van der Waals surface area contributed by atoms with Gasteiger partial charge in [-0.15, -0.1) is 0 Å². The van der Waals surface area contributed by atoms with E-state index in [-0.39, 0.29) is 35.8 Å². The number of hydrogen-bond acceptors (Lipinski definition) is 5. The van der Waals surface area contributed by atoms with Crippen LogP contribution in [0.2, 0.25) is 0 Å². The van der Waals surface area contributed by atoms with Gasteiger partial charge in [0.2, 0.25) is 5.91 Å². The maximum absolute atomic E-state index is 13.5. The van der Waals surface area contributed by atoms with Gasteiger partial charge in [-0.1, -0.05) is 17.7 Å². The van der Waals surface area contributed by atoms with Gasteiger partial charge in [0.15, 0.2) is 5.69 Å². The van der Waals surface area contributed by atoms with Crippen LogP contribution in [0.4, 0.5) is 5.69 Å². The Kier molecular flexibility index (Phi) is 5.53. The van der Waals surface area contributed by atoms with Crippen LogP contribution in [0.15, 0.2) is 30.6 Å². The minimum atomic E-state index is -1.07. The number of nitrogens with zero attached hydrogens (tertiary/aromatic N) is 3. The Morgan fingerprint density at radius 1 is 1.26 bits per heavy atom. The van der Waals surface area contributed by atoms with Gasteiger partial charge in [0.05, 0.1) is 19.5 Å². The molecule has 2 aromatic rings. The molecule has 0 bridgehead atoms. The monoisotopic (exact) mass is 425 g/mol. The summed E-state index contributed by atoms with van der Waals surface area (Å²) in [4.78, 5) is 45.3. The minimum Gasteiger partial charge on any atom is -0.383 e. The second-order valence-electron chi connectivity index (χ2n) is 8.32. The van der Waals surface area contributed by atoms with Crippen LogP contribution < -0.4 is 10.6 Å². The van der Waals surface area contributed by atoms with Crippen molar-refractivity contribution in [2.24, 2.45) is 0 Å². The SMILES string of the molecule is COCCNC(=O)[C@]1(C)Cn2cnc(C(=O)Nc3ccc(C)cc3)c2C(=O)N1C1CC1. The summed E-state index contributed by atoms with van der Waals surface area (Å²) in [6, 6.07) is 7.38. The Balaban J connectivity index is 1.62. The van der Waals surface area contributed by atoms with E-state index in [9.17, 15) is 14.4 Å². The smallest absolute Gasteiger partial charge is 0.276 e. The zero-order valence-corrected chi connectivity index (χ0v) is 18.0. The molecule has 0 radical (unpaired) electrons. The summed E-state index contributed by atoms with van der Waals surface area (Å²) in [6.07, 6.45) is 3.14. The number of ether oxygens (including phenoxy) is 1. The second-order valence-corrected chi connectivity index (χ2v) is 8.32. The number of aromatic nitrogens is 2. The first-order valence-corrected chi connectivity index (χ1v) is 10.4. The molecule has 3 amide bonds. The predicted molar refractivity (Wildman–Crippen MR) is 114 cm³/mol. The van der Waals surface area contributed by atoms with Crippen LogP contribution >= 0.6 is 0 Å². The number of carbonyl (C=O) groups excluding carboxylic acids is 3. The maximum atomic E-state index is 13.5. The molecule has 2 N–H and O–H groups in total. The van der Waals surface area contributed by atoms with Gasteiger partial charge in [0.25, 0.3) is 11.8 Å². The second kappa shape index (κ2) is 8.14. The maximum Gasteiger partial charge on any atom is 0.276 e. The number of anilines is 1. The third-order valence-corrected chi connectivity index (χ3v) is 5.79. The number of rotatable bonds is 7. The number of imidazole rings is 1. The summed E-state index contributed by atoms with van der Waals surface area (Å²) >= 11 is 0. The van der Waals surface area contributed by atoms with Crippen molar-refractivity contribution in [2.75, 3.05) is 25.6 Å². The summed E-state index contributed by atoms with van der Waals surface area (Å²) in [5, 5.41) is 5.65. The fourth-order valence-corrected chi connectivity index (χ4v) is 4.01. The normalized spacial score (nSPS) is 20.4. The molecule has 4 rings (SSSR count). The molecular weight excluding hydrogens is 398 g/mol. The van der Waals surface area contributed by atoms with Crippen LogP contribution in [-0.2, 0) is 16.1 Å². The fourth-order valence-electron chi connectivity index (χ4n) is 4.01. The van der Waals surface area contributed by atoms with Gasteiger partial charge in [-0.3, -0.25) is 14.4 Å². The van der Waals surface area contributed by atoms with Gasteiger partial charge in [-0.2, -0.15) is 0 Å². The molecule has 1 aliphatic heterocycles. The summed E-state index contributed by atoms with van der Waals surface area (Å²) in [5.41, 5.74) is 0.930. The number of benzene rings is 1. The van der Waals surface area contributed by atoms with Gasteiger partial charge in [-0.25, -0.2) is 4.98 Å². The Bertz CT molecular complexity index is 1010. The number of hydrogen-bond donors (Lipinski definition) is 2. The van der Waals surface area contributed by atoms with E-state index in [4.69, 9.17) is 4.74 Å². The topological polar surface area (TPSA) is 106 Å². The first kappa shape index (κ1) is 21.0. The third kappa shape index (κ3) is 3.93. The molecule has 2 aliphatic rings. The van der Waals surface area contributed by atoms with Crippen molar-refractivity contribution in [3.63, 3.8) is 0 Å². The van der Waals surface area contributed by atoms with Gasteiger partial charge < -0.3 is 24.8 Å². The molecule has 9 heteroatoms. The quantitative estimate of drug-likeness (QED) is 0.656. The summed E-state index contributed by atoms with van der Waals surface area (Å²) < 4.78 is 6.62. The van der Waals surface area contributed by atoms with Crippen molar-refractivity contribution < 1.29 is 19.1 Å². The first-order chi connectivity index (χ1) is 14.8. The van der Waals surface area contributed by atoms with Gasteiger partial charge in [0.1, 0.15) is 11.2 Å². The lowest BCUT2D eigenvalue weighted by atomic mass is 9.94. The van der Waals surface area contributed by atoms with Crippen molar-refractivity contribution in [1.29, 1.82) is 0 Å². The summed E-state index contributed by atoms with van der Waals surface area (Å²) in [6.45, 7) is 4.71. The number of aryl methyl sites for hydroxylation is 1. The van der Waals surface area contributed by atoms with E-state index in [0.29, 0.717) is 18.8 Å². The Morgan fingerprint density at radius 2 is 1.97 bits per heavy atom. The van der Waals surface area contributed by atoms with Crippen LogP contribution in [0.1, 0.15) is 46.3 Å². The molecule has 31 heavy (non-hydrogen) atoms. The molecule has 1 aliphatic carbocycles. The van der Waals surface area contributed by atoms with Crippen LogP contribution in [0.3, 0.4) is 0 Å². The van der Waals surface area contributed by atoms with Crippen molar-refractivity contribution in [3.8, 4) is 0 Å². The predicted octanol–water partition coefficient (Wildman–Crippen LogP) is 1.58. The van der Waals surface area contributed by atoms with E-state index < -0.39 is 11.4 Å². The first-order valence-electron chi connectivity index (χ1n) is 10.4. The van der Waals surface area contributed by atoms with E-state index >= 15 is 0 Å². The van der Waals surface area contributed by atoms with Crippen molar-refractivity contribution in [2.45, 2.75) is 44.8 Å². The minimum absolute atomic E-state index is 0.0117. The largest absolute Gasteiger partial charge is 0.383 e. The average Bonchev–Trinajstić information content (AvgIpc) is 3.47. The number of nitrogens with one attached hydrogen (secondary N) is 2. The number of methoxy groups -OCH3 is 1. The van der Waals surface area contributed by atoms with Crippen LogP contribution in [0.25, 0.3) is 0 Å². The van der Waals surface area contributed by atoms with Crippen molar-refractivity contribution in [3.05, 3.63) is 47.5 Å². The molecule has 2 heterocycles. The standard InChI is InChI=1S/C22H27N5O4/c1-14-4-6-15(7-5-14)25-19(28)17-18-20(29)27(16-8-9-16)22(2,12-26(18)13-24-17)21(30)23-10-11-31-3/h4-7,13,16H,8-12H2,1-3H3,(H,23,30)(H,25,28)/t22-/m0/s1. The highest BCUT2D eigenvalue weighted by Crippen LogP contribution is 2.38. The Morgan fingerprint density at radius 3 is 2.61 bits per heavy atom. The van der Waals surface area contributed by atoms with Crippen LogP contribution in [-0.4, -0.2) is 64.0 Å². The molecule has 1 aromatic heterocycles. The zero-order valence-electron chi connectivity index (χ0n) is 18.0. The zero-order chi connectivity index (χ0) is 22.2. The van der Waals surface area contributed by atoms with E-state index in [0.717, 1.165) is 18.4 Å². The van der Waals surface area contributed by atoms with E-state index in [1.54, 1.807) is 35.6 Å². The Hall–Kier alpha value is -3.20. The lowest BCUT2D eigenvalue weighted by Gasteiger charge is -2.44. The highest BCUT2D eigenvalue weighted by Gasteiger charge is 2.53. The number of amides is 3. The molecular formula is C22H27N5O4. The Labute approximate surface area is 180 Å². The summed E-state index contributed by atoms with van der Waals surface area (Å²) in [7, 11) is 1.56. The van der Waals surface area contributed by atoms with Crippen LogP contribution in [0, 0.1) is 6.92 Å². The van der Waals surface area contributed by atoms with Crippen molar-refractivity contribution in [1.82, 2.24) is 19.8 Å². The van der Waals surface area contributed by atoms with E-state index in [1.807, 2.05) is 19.1 Å². The average molecular weight is 425 g/mol. The molecule has 9 nitrogen and oxygen atoms in total. The van der Waals surface area contributed by atoms with E-state index in [2.05, 4.69) is 15.6 Å². The highest BCUT2D eigenvalue weighted by atomic mass is 16.5. The van der Waals surface area contributed by atoms with Gasteiger partial charge >= 0.3 is 0 Å². The molecule has 1 fully saturated rings. The van der Waals surface area contributed by atoms with Crippen LogP contribution in [0.5, 0.6) is 0 Å². The van der Waals surface area contributed by atoms with Crippen molar-refractivity contribution >= 4 is 23.4 Å². The molecule has 1 atom stereocenters. The lowest BCUT2D eigenvalue weighted by molar-refractivity contribution is -0.133. The lowest BCUT2D eigenvalue weighted by Crippen LogP contribution is -2.65. The molecule has 0 spiro atoms. The summed E-state index contributed by atoms with van der Waals surface area (Å²) in [5.74, 6) is -1.03. The molecule has 164 valence electrons. The van der Waals surface area contributed by atoms with Gasteiger partial charge in [-0.05, 0) is 38.8 Å². The third-order valence-electron chi connectivity index (χ3n) is 5.79. The van der Waals surface area contributed by atoms with E-state index in [1.165, 1.54) is 6.33 Å². The molecule has 1 saturated carbocycles. The fraction of sp³-hybridized carbons (Fsp3) is 0.455. The number of fused-ring (bicyclic) bond motifs is 1. The van der Waals surface area contributed by atoms with Gasteiger partial charge in [0, 0.05) is 25.4 Å². The number of carbonyl (C=O) groups is 3. The molecule has 0 saturated heterocycles. The highest BCUT2D eigenvalue weighted by molar-refractivity contribution is 6.11. The molecule has 0 unspecified atom stereocenters.